The zero-order valence-electron chi connectivity index (χ0n) is 17.7. The Hall–Kier alpha value is -3.22. The molecule has 3 rings (SSSR count). The van der Waals surface area contributed by atoms with E-state index in [1.807, 2.05) is 56.3 Å². The second kappa shape index (κ2) is 11.1. The molecule has 0 saturated heterocycles. The van der Waals surface area contributed by atoms with Gasteiger partial charge in [-0.15, -0.1) is 0 Å². The molecule has 0 fully saturated rings. The van der Waals surface area contributed by atoms with Gasteiger partial charge in [0.25, 0.3) is 0 Å². The number of benzene rings is 2. The maximum absolute atomic E-state index is 11.8. The largest absolute Gasteiger partial charge is 0.490 e. The number of amides is 1. The van der Waals surface area contributed by atoms with Crippen LogP contribution in [0.5, 0.6) is 11.5 Å². The SMILES string of the molecule is CCCC(=O)Nc1cccc(CN=C(NCC)Nc2ccc3c(c2)OCCCO3)c1. The molecular weight excluding hydrogens is 380 g/mol. The maximum atomic E-state index is 11.8. The Morgan fingerprint density at radius 1 is 1.00 bits per heavy atom. The molecule has 1 aliphatic rings. The molecule has 2 aromatic rings. The summed E-state index contributed by atoms with van der Waals surface area (Å²) in [5, 5.41) is 9.50. The summed E-state index contributed by atoms with van der Waals surface area (Å²) in [6.45, 7) is 6.55. The van der Waals surface area contributed by atoms with Crippen LogP contribution in [0.15, 0.2) is 47.5 Å². The van der Waals surface area contributed by atoms with Crippen molar-refractivity contribution in [3.8, 4) is 11.5 Å². The highest BCUT2D eigenvalue weighted by Gasteiger charge is 2.11. The fourth-order valence-electron chi connectivity index (χ4n) is 3.05. The normalized spacial score (nSPS) is 13.3. The minimum absolute atomic E-state index is 0.0302. The minimum atomic E-state index is 0.0302. The number of carbonyl (C=O) groups excluding carboxylic acids is 1. The number of hydrogen-bond donors (Lipinski definition) is 3. The van der Waals surface area contributed by atoms with Crippen LogP contribution in [-0.2, 0) is 11.3 Å². The van der Waals surface area contributed by atoms with Crippen LogP contribution in [0.4, 0.5) is 11.4 Å². The number of carbonyl (C=O) groups is 1. The lowest BCUT2D eigenvalue weighted by molar-refractivity contribution is -0.116. The van der Waals surface area contributed by atoms with Crippen LogP contribution in [-0.4, -0.2) is 31.6 Å². The summed E-state index contributed by atoms with van der Waals surface area (Å²) in [7, 11) is 0. The van der Waals surface area contributed by atoms with E-state index < -0.39 is 0 Å². The molecule has 0 aromatic heterocycles. The molecule has 0 atom stereocenters. The predicted molar refractivity (Wildman–Crippen MR) is 120 cm³/mol. The third-order valence-electron chi connectivity index (χ3n) is 4.46. The zero-order chi connectivity index (χ0) is 21.2. The van der Waals surface area contributed by atoms with Gasteiger partial charge >= 0.3 is 0 Å². The first-order valence-corrected chi connectivity index (χ1v) is 10.5. The molecule has 7 nitrogen and oxygen atoms in total. The monoisotopic (exact) mass is 410 g/mol. The van der Waals surface area contributed by atoms with Crippen LogP contribution in [0.25, 0.3) is 0 Å². The third-order valence-corrected chi connectivity index (χ3v) is 4.46. The molecule has 0 saturated carbocycles. The van der Waals surface area contributed by atoms with E-state index >= 15 is 0 Å². The molecule has 2 aromatic carbocycles. The highest BCUT2D eigenvalue weighted by Crippen LogP contribution is 2.32. The van der Waals surface area contributed by atoms with Gasteiger partial charge in [0.15, 0.2) is 17.5 Å². The smallest absolute Gasteiger partial charge is 0.224 e. The fraction of sp³-hybridized carbons (Fsp3) is 0.391. The molecule has 0 aliphatic carbocycles. The molecule has 30 heavy (non-hydrogen) atoms. The van der Waals surface area contributed by atoms with Crippen molar-refractivity contribution in [1.82, 2.24) is 5.32 Å². The quantitative estimate of drug-likeness (QED) is 0.471. The highest BCUT2D eigenvalue weighted by molar-refractivity contribution is 5.94. The van der Waals surface area contributed by atoms with E-state index in [9.17, 15) is 4.79 Å². The Bertz CT molecular complexity index is 883. The average molecular weight is 411 g/mol. The standard InChI is InChI=1S/C23H30N4O3/c1-3-7-22(28)26-18-9-5-8-17(14-18)16-25-23(24-4-2)27-19-10-11-20-21(15-19)30-13-6-12-29-20/h5,8-11,14-15H,3-4,6-7,12-13,16H2,1-2H3,(H,26,28)(H2,24,25,27). The summed E-state index contributed by atoms with van der Waals surface area (Å²) in [4.78, 5) is 16.5. The first-order chi connectivity index (χ1) is 14.7. The summed E-state index contributed by atoms with van der Waals surface area (Å²) in [6.07, 6.45) is 2.22. The Balaban J connectivity index is 1.68. The molecule has 0 spiro atoms. The Kier molecular flexibility index (Phi) is 7.94. The molecule has 160 valence electrons. The Morgan fingerprint density at radius 2 is 1.80 bits per heavy atom. The molecule has 1 amide bonds. The second-order valence-electron chi connectivity index (χ2n) is 7.03. The first-order valence-electron chi connectivity index (χ1n) is 10.5. The van der Waals surface area contributed by atoms with Crippen LogP contribution in [0.2, 0.25) is 0 Å². The molecule has 1 aliphatic heterocycles. The van der Waals surface area contributed by atoms with Gasteiger partial charge in [-0.2, -0.15) is 0 Å². The summed E-state index contributed by atoms with van der Waals surface area (Å²) in [5.74, 6) is 2.21. The number of guanidine groups is 1. The van der Waals surface area contributed by atoms with E-state index in [2.05, 4.69) is 20.9 Å². The number of fused-ring (bicyclic) bond motifs is 1. The van der Waals surface area contributed by atoms with Crippen LogP contribution in [0, 0.1) is 0 Å². The summed E-state index contributed by atoms with van der Waals surface area (Å²) >= 11 is 0. The van der Waals surface area contributed by atoms with Gasteiger partial charge in [0.1, 0.15) is 0 Å². The van der Waals surface area contributed by atoms with E-state index in [4.69, 9.17) is 9.47 Å². The van der Waals surface area contributed by atoms with Crippen LogP contribution >= 0.6 is 0 Å². The molecule has 7 heteroatoms. The Morgan fingerprint density at radius 3 is 2.60 bits per heavy atom. The molecule has 0 radical (unpaired) electrons. The van der Waals surface area contributed by atoms with Crippen molar-refractivity contribution >= 4 is 23.2 Å². The number of aliphatic imine (C=N–C) groups is 1. The number of anilines is 2. The number of hydrogen-bond acceptors (Lipinski definition) is 4. The van der Waals surface area contributed by atoms with Gasteiger partial charge in [-0.25, -0.2) is 4.99 Å². The second-order valence-corrected chi connectivity index (χ2v) is 7.03. The van der Waals surface area contributed by atoms with Gasteiger partial charge < -0.3 is 25.4 Å². The van der Waals surface area contributed by atoms with Crippen molar-refractivity contribution in [3.05, 3.63) is 48.0 Å². The zero-order valence-corrected chi connectivity index (χ0v) is 17.7. The van der Waals surface area contributed by atoms with Crippen molar-refractivity contribution in [2.45, 2.75) is 39.7 Å². The summed E-state index contributed by atoms with van der Waals surface area (Å²) < 4.78 is 11.4. The van der Waals surface area contributed by atoms with E-state index in [0.717, 1.165) is 47.8 Å². The van der Waals surface area contributed by atoms with Gasteiger partial charge in [0.2, 0.25) is 5.91 Å². The molecule has 0 unspecified atom stereocenters. The van der Waals surface area contributed by atoms with Crippen molar-refractivity contribution < 1.29 is 14.3 Å². The minimum Gasteiger partial charge on any atom is -0.490 e. The topological polar surface area (TPSA) is 84.0 Å². The fourth-order valence-corrected chi connectivity index (χ4v) is 3.05. The lowest BCUT2D eigenvalue weighted by Crippen LogP contribution is -2.30. The number of nitrogens with zero attached hydrogens (tertiary/aromatic N) is 1. The van der Waals surface area contributed by atoms with E-state index in [-0.39, 0.29) is 5.91 Å². The first kappa shape index (κ1) is 21.5. The lowest BCUT2D eigenvalue weighted by Gasteiger charge is -2.14. The third kappa shape index (κ3) is 6.40. The van der Waals surface area contributed by atoms with Crippen molar-refractivity contribution in [2.24, 2.45) is 4.99 Å². The number of nitrogens with one attached hydrogen (secondary N) is 3. The molecule has 3 N–H and O–H groups in total. The van der Waals surface area contributed by atoms with Crippen LogP contribution in [0.3, 0.4) is 0 Å². The average Bonchev–Trinajstić information content (AvgIpc) is 2.98. The van der Waals surface area contributed by atoms with Crippen molar-refractivity contribution in [1.29, 1.82) is 0 Å². The predicted octanol–water partition coefficient (Wildman–Crippen LogP) is 4.16. The molecule has 0 bridgehead atoms. The van der Waals surface area contributed by atoms with Gasteiger partial charge in [0, 0.05) is 36.8 Å². The van der Waals surface area contributed by atoms with E-state index in [0.29, 0.717) is 32.1 Å². The van der Waals surface area contributed by atoms with Gasteiger partial charge in [-0.05, 0) is 43.2 Å². The van der Waals surface area contributed by atoms with Crippen LogP contribution in [0.1, 0.15) is 38.7 Å². The van der Waals surface area contributed by atoms with Crippen molar-refractivity contribution in [2.75, 3.05) is 30.4 Å². The number of rotatable bonds is 7. The number of ether oxygens (including phenoxy) is 2. The van der Waals surface area contributed by atoms with Crippen molar-refractivity contribution in [3.63, 3.8) is 0 Å². The Labute approximate surface area is 177 Å². The van der Waals surface area contributed by atoms with Crippen LogP contribution < -0.4 is 25.4 Å². The lowest BCUT2D eigenvalue weighted by atomic mass is 10.2. The van der Waals surface area contributed by atoms with Gasteiger partial charge in [-0.3, -0.25) is 4.79 Å². The molecular formula is C23H30N4O3. The van der Waals surface area contributed by atoms with E-state index in [1.54, 1.807) is 0 Å². The van der Waals surface area contributed by atoms with Gasteiger partial charge in [0.05, 0.1) is 19.8 Å². The maximum Gasteiger partial charge on any atom is 0.224 e. The van der Waals surface area contributed by atoms with E-state index in [1.165, 1.54) is 0 Å². The summed E-state index contributed by atoms with van der Waals surface area (Å²) in [5.41, 5.74) is 2.68. The summed E-state index contributed by atoms with van der Waals surface area (Å²) in [6, 6.07) is 13.6. The molecule has 1 heterocycles. The van der Waals surface area contributed by atoms with Gasteiger partial charge in [-0.1, -0.05) is 19.1 Å². The highest BCUT2D eigenvalue weighted by atomic mass is 16.5.